The Morgan fingerprint density at radius 1 is 0.469 bits per heavy atom. The smallest absolute Gasteiger partial charge is 0.195 e. The van der Waals surface area contributed by atoms with E-state index in [4.69, 9.17) is 0 Å². The van der Waals surface area contributed by atoms with Gasteiger partial charge in [-0.2, -0.15) is 0 Å². The van der Waals surface area contributed by atoms with Gasteiger partial charge >= 0.3 is 0 Å². The van der Waals surface area contributed by atoms with Crippen LogP contribution >= 0.6 is 11.3 Å². The Hall–Kier alpha value is -5.77. The van der Waals surface area contributed by atoms with E-state index in [2.05, 4.69) is 140 Å². The van der Waals surface area contributed by atoms with E-state index in [1.54, 1.807) is 11.3 Å². The first-order valence-corrected chi connectivity index (χ1v) is 17.7. The van der Waals surface area contributed by atoms with E-state index in [-0.39, 0.29) is 5.43 Å². The molecule has 2 aromatic heterocycles. The zero-order valence-corrected chi connectivity index (χ0v) is 27.9. The first-order valence-electron chi connectivity index (χ1n) is 16.9. The summed E-state index contributed by atoms with van der Waals surface area (Å²) < 4.78 is 4.51. The third-order valence-electron chi connectivity index (χ3n) is 11.0. The molecule has 0 aliphatic heterocycles. The van der Waals surface area contributed by atoms with Crippen LogP contribution in [0.25, 0.3) is 69.9 Å². The largest absolute Gasteiger partial charge is 0.309 e. The first-order chi connectivity index (χ1) is 24.0. The van der Waals surface area contributed by atoms with Gasteiger partial charge in [-0.3, -0.25) is 4.79 Å². The molecule has 9 aromatic rings. The Morgan fingerprint density at radius 3 is 1.84 bits per heavy atom. The summed E-state index contributed by atoms with van der Waals surface area (Å²) in [6.45, 7) is 4.36. The van der Waals surface area contributed by atoms with E-state index in [9.17, 15) is 4.79 Å². The molecule has 0 fully saturated rings. The van der Waals surface area contributed by atoms with Gasteiger partial charge in [0.05, 0.1) is 16.4 Å². The van der Waals surface area contributed by atoms with Gasteiger partial charge in [-0.1, -0.05) is 84.9 Å². The normalized spacial score (nSPS) is 15.7. The van der Waals surface area contributed by atoms with Crippen molar-refractivity contribution < 1.29 is 0 Å². The summed E-state index contributed by atoms with van der Waals surface area (Å²) in [6, 6.07) is 50.9. The van der Waals surface area contributed by atoms with Crippen LogP contribution in [0.2, 0.25) is 0 Å². The average molecular weight is 644 g/mol. The lowest BCUT2D eigenvalue weighted by Crippen LogP contribution is -2.26. The van der Waals surface area contributed by atoms with Crippen molar-refractivity contribution in [3.63, 3.8) is 0 Å². The van der Waals surface area contributed by atoms with E-state index in [1.807, 2.05) is 18.2 Å². The van der Waals surface area contributed by atoms with Gasteiger partial charge in [0.15, 0.2) is 5.43 Å². The van der Waals surface area contributed by atoms with Crippen molar-refractivity contribution >= 4 is 53.3 Å². The molecule has 2 heterocycles. The number of benzene rings is 7. The standard InChI is InChI=1S/C46H29NOS/c1-26-19-27(2)21-28(20-26)47-41-17-9-5-13-31(41)35-22-33-29-11-3-7-15-37(29)46(40(33)25-42(35)47)38-16-8-4-12-30(38)34-24-44-36(23-39(34)46)45(48)32-14-6-10-18-43(32)49-44/h3-25H,1-2H3. The van der Waals surface area contributed by atoms with Crippen molar-refractivity contribution in [3.05, 3.63) is 183 Å². The molecule has 0 radical (unpaired) electrons. The van der Waals surface area contributed by atoms with Gasteiger partial charge in [0.25, 0.3) is 0 Å². The van der Waals surface area contributed by atoms with Crippen LogP contribution in [-0.2, 0) is 5.41 Å². The first kappa shape index (κ1) is 27.2. The van der Waals surface area contributed by atoms with Gasteiger partial charge in [-0.15, -0.1) is 11.3 Å². The number of para-hydroxylation sites is 1. The highest BCUT2D eigenvalue weighted by Crippen LogP contribution is 2.64. The fourth-order valence-corrected chi connectivity index (χ4v) is 10.3. The molecule has 230 valence electrons. The molecule has 1 spiro atoms. The average Bonchev–Trinajstić information content (AvgIpc) is 3.71. The van der Waals surface area contributed by atoms with E-state index in [1.165, 1.54) is 83.1 Å². The van der Waals surface area contributed by atoms with Crippen LogP contribution in [0.3, 0.4) is 0 Å². The fraction of sp³-hybridized carbons (Fsp3) is 0.0652. The molecule has 0 N–H and O–H groups in total. The molecule has 49 heavy (non-hydrogen) atoms. The minimum atomic E-state index is -0.563. The molecule has 3 heteroatoms. The van der Waals surface area contributed by atoms with Crippen LogP contribution < -0.4 is 5.43 Å². The van der Waals surface area contributed by atoms with Gasteiger partial charge in [0, 0.05) is 36.6 Å². The van der Waals surface area contributed by atoms with Crippen molar-refractivity contribution in [2.24, 2.45) is 0 Å². The molecule has 0 saturated carbocycles. The molecule has 1 unspecified atom stereocenters. The second-order valence-corrected chi connectivity index (χ2v) is 14.9. The van der Waals surface area contributed by atoms with Crippen molar-refractivity contribution in [1.82, 2.24) is 4.57 Å². The number of hydrogen-bond acceptors (Lipinski definition) is 2. The van der Waals surface area contributed by atoms with E-state index in [0.717, 1.165) is 20.2 Å². The Morgan fingerprint density at radius 2 is 1.08 bits per heavy atom. The Labute approximate surface area is 287 Å². The lowest BCUT2D eigenvalue weighted by molar-refractivity contribution is 0.795. The predicted molar refractivity (Wildman–Crippen MR) is 206 cm³/mol. The van der Waals surface area contributed by atoms with Gasteiger partial charge in [0.1, 0.15) is 0 Å². The second kappa shape index (κ2) is 9.43. The quantitative estimate of drug-likeness (QED) is 0.163. The summed E-state index contributed by atoms with van der Waals surface area (Å²) in [5, 5.41) is 4.09. The SMILES string of the molecule is Cc1cc(C)cc(-n2c3ccccc3c3cc4c(cc32)C2(c3ccccc3-c3cc5sc6ccccc6c(=O)c5cc32)c2ccccc2-4)c1. The summed E-state index contributed by atoms with van der Waals surface area (Å²) in [5.41, 5.74) is 15.6. The summed E-state index contributed by atoms with van der Waals surface area (Å²) in [6.07, 6.45) is 0. The molecular formula is C46H29NOS. The molecule has 2 nitrogen and oxygen atoms in total. The Kier molecular flexibility index (Phi) is 5.24. The van der Waals surface area contributed by atoms with Crippen molar-refractivity contribution in [3.8, 4) is 27.9 Å². The van der Waals surface area contributed by atoms with Crippen LogP contribution in [-0.4, -0.2) is 4.57 Å². The highest BCUT2D eigenvalue weighted by Gasteiger charge is 2.52. The maximum absolute atomic E-state index is 14.2. The highest BCUT2D eigenvalue weighted by atomic mass is 32.1. The Bertz CT molecular complexity index is 2980. The summed E-state index contributed by atoms with van der Waals surface area (Å²) in [7, 11) is 0. The Balaban J connectivity index is 1.33. The van der Waals surface area contributed by atoms with Crippen LogP contribution in [0.15, 0.2) is 144 Å². The van der Waals surface area contributed by atoms with E-state index < -0.39 is 5.41 Å². The fourth-order valence-electron chi connectivity index (χ4n) is 9.25. The lowest BCUT2D eigenvalue weighted by Gasteiger charge is -2.30. The van der Waals surface area contributed by atoms with Crippen LogP contribution in [0.5, 0.6) is 0 Å². The van der Waals surface area contributed by atoms with E-state index >= 15 is 0 Å². The number of hydrogen-bond donors (Lipinski definition) is 0. The number of rotatable bonds is 1. The monoisotopic (exact) mass is 643 g/mol. The molecule has 0 saturated heterocycles. The van der Waals surface area contributed by atoms with Gasteiger partial charge in [-0.25, -0.2) is 0 Å². The number of aryl methyl sites for hydroxylation is 2. The third kappa shape index (κ3) is 3.38. The molecule has 0 bridgehead atoms. The van der Waals surface area contributed by atoms with Crippen LogP contribution in [0.4, 0.5) is 0 Å². The molecule has 2 aliphatic carbocycles. The molecule has 0 amide bonds. The zero-order chi connectivity index (χ0) is 32.6. The van der Waals surface area contributed by atoms with E-state index in [0.29, 0.717) is 0 Å². The minimum Gasteiger partial charge on any atom is -0.309 e. The summed E-state index contributed by atoms with van der Waals surface area (Å²) >= 11 is 1.71. The molecule has 7 aromatic carbocycles. The molecular weight excluding hydrogens is 615 g/mol. The molecule has 11 rings (SSSR count). The predicted octanol–water partition coefficient (Wildman–Crippen LogP) is 11.5. The van der Waals surface area contributed by atoms with Gasteiger partial charge < -0.3 is 4.57 Å². The molecule has 1 atom stereocenters. The second-order valence-electron chi connectivity index (χ2n) is 13.8. The maximum Gasteiger partial charge on any atom is 0.195 e. The van der Waals surface area contributed by atoms with Crippen molar-refractivity contribution in [2.45, 2.75) is 19.3 Å². The zero-order valence-electron chi connectivity index (χ0n) is 27.0. The van der Waals surface area contributed by atoms with Crippen LogP contribution in [0, 0.1) is 13.8 Å². The number of nitrogens with zero attached hydrogens (tertiary/aromatic N) is 1. The maximum atomic E-state index is 14.2. The summed E-state index contributed by atoms with van der Waals surface area (Å²) in [5.74, 6) is 0. The highest BCUT2D eigenvalue weighted by molar-refractivity contribution is 7.24. The van der Waals surface area contributed by atoms with Crippen molar-refractivity contribution in [2.75, 3.05) is 0 Å². The number of aromatic nitrogens is 1. The third-order valence-corrected chi connectivity index (χ3v) is 12.2. The van der Waals surface area contributed by atoms with Crippen molar-refractivity contribution in [1.29, 1.82) is 0 Å². The minimum absolute atomic E-state index is 0.107. The lowest BCUT2D eigenvalue weighted by atomic mass is 9.70. The van der Waals surface area contributed by atoms with Gasteiger partial charge in [0.2, 0.25) is 0 Å². The van der Waals surface area contributed by atoms with Gasteiger partial charge in [-0.05, 0) is 124 Å². The molecule has 2 aliphatic rings. The summed E-state index contributed by atoms with van der Waals surface area (Å²) in [4.78, 5) is 14.2. The van der Waals surface area contributed by atoms with Crippen LogP contribution in [0.1, 0.15) is 33.4 Å². The topological polar surface area (TPSA) is 22.0 Å². The number of fused-ring (bicyclic) bond motifs is 15.